The second kappa shape index (κ2) is 5.53. The van der Waals surface area contributed by atoms with E-state index in [2.05, 4.69) is 5.32 Å². The van der Waals surface area contributed by atoms with E-state index < -0.39 is 12.0 Å². The standard InChI is InChI=1S/C10H16N2O3/c1-7(5-8-3-2-4-15-8)12-6-9(11)10(13)14/h2-4,7,9,12H,5-6,11H2,1H3,(H,13,14). The van der Waals surface area contributed by atoms with Crippen molar-refractivity contribution in [3.63, 3.8) is 0 Å². The third-order valence-corrected chi connectivity index (χ3v) is 2.09. The van der Waals surface area contributed by atoms with Gasteiger partial charge in [-0.15, -0.1) is 0 Å². The zero-order valence-corrected chi connectivity index (χ0v) is 8.64. The lowest BCUT2D eigenvalue weighted by Gasteiger charge is -2.14. The van der Waals surface area contributed by atoms with Gasteiger partial charge in [0.15, 0.2) is 0 Å². The van der Waals surface area contributed by atoms with E-state index in [0.717, 1.165) is 12.2 Å². The predicted octanol–water partition coefficient (Wildman–Crippen LogP) is 0.212. The Morgan fingerprint density at radius 2 is 2.47 bits per heavy atom. The van der Waals surface area contributed by atoms with Crippen LogP contribution in [0.2, 0.25) is 0 Å². The molecule has 0 fully saturated rings. The highest BCUT2D eigenvalue weighted by Crippen LogP contribution is 2.03. The molecule has 0 amide bonds. The number of hydrogen-bond acceptors (Lipinski definition) is 4. The molecule has 84 valence electrons. The lowest BCUT2D eigenvalue weighted by atomic mass is 10.2. The smallest absolute Gasteiger partial charge is 0.321 e. The first-order chi connectivity index (χ1) is 7.09. The summed E-state index contributed by atoms with van der Waals surface area (Å²) in [5.41, 5.74) is 5.35. The van der Waals surface area contributed by atoms with Gasteiger partial charge in [-0.2, -0.15) is 0 Å². The number of furan rings is 1. The van der Waals surface area contributed by atoms with Crippen LogP contribution in [0.4, 0.5) is 0 Å². The van der Waals surface area contributed by atoms with Gasteiger partial charge in [0, 0.05) is 19.0 Å². The summed E-state index contributed by atoms with van der Waals surface area (Å²) in [6.07, 6.45) is 2.34. The van der Waals surface area contributed by atoms with Crippen LogP contribution in [0.25, 0.3) is 0 Å². The Bertz CT molecular complexity index is 298. The van der Waals surface area contributed by atoms with Crippen LogP contribution < -0.4 is 11.1 Å². The number of carbonyl (C=O) groups is 1. The molecule has 0 radical (unpaired) electrons. The molecule has 5 heteroatoms. The van der Waals surface area contributed by atoms with Crippen LogP contribution in [-0.2, 0) is 11.2 Å². The van der Waals surface area contributed by atoms with Gasteiger partial charge in [-0.25, -0.2) is 0 Å². The van der Waals surface area contributed by atoms with Crippen molar-refractivity contribution in [1.29, 1.82) is 0 Å². The van der Waals surface area contributed by atoms with Crippen LogP contribution in [0.5, 0.6) is 0 Å². The Hall–Kier alpha value is -1.33. The van der Waals surface area contributed by atoms with E-state index in [-0.39, 0.29) is 12.6 Å². The summed E-state index contributed by atoms with van der Waals surface area (Å²) in [6.45, 7) is 2.22. The quantitative estimate of drug-likeness (QED) is 0.627. The molecule has 1 heterocycles. The van der Waals surface area contributed by atoms with Crippen molar-refractivity contribution in [1.82, 2.24) is 5.32 Å². The van der Waals surface area contributed by atoms with Gasteiger partial charge >= 0.3 is 5.97 Å². The van der Waals surface area contributed by atoms with Gasteiger partial charge in [-0.1, -0.05) is 0 Å². The molecule has 15 heavy (non-hydrogen) atoms. The van der Waals surface area contributed by atoms with Gasteiger partial charge in [0.25, 0.3) is 0 Å². The second-order valence-electron chi connectivity index (χ2n) is 3.54. The van der Waals surface area contributed by atoms with E-state index in [4.69, 9.17) is 15.3 Å². The predicted molar refractivity (Wildman–Crippen MR) is 55.5 cm³/mol. The van der Waals surface area contributed by atoms with Crippen molar-refractivity contribution in [2.45, 2.75) is 25.4 Å². The molecule has 4 N–H and O–H groups in total. The Morgan fingerprint density at radius 3 is 3.00 bits per heavy atom. The summed E-state index contributed by atoms with van der Waals surface area (Å²) < 4.78 is 5.17. The lowest BCUT2D eigenvalue weighted by Crippen LogP contribution is -2.43. The molecule has 0 saturated carbocycles. The van der Waals surface area contributed by atoms with E-state index in [1.54, 1.807) is 6.26 Å². The summed E-state index contributed by atoms with van der Waals surface area (Å²) >= 11 is 0. The number of nitrogens with two attached hydrogens (primary N) is 1. The van der Waals surface area contributed by atoms with Crippen molar-refractivity contribution in [2.75, 3.05) is 6.54 Å². The number of carboxylic acid groups (broad SMARTS) is 1. The summed E-state index contributed by atoms with van der Waals surface area (Å²) in [6, 6.07) is 2.99. The highest BCUT2D eigenvalue weighted by atomic mass is 16.4. The van der Waals surface area contributed by atoms with Crippen molar-refractivity contribution in [3.05, 3.63) is 24.2 Å². The van der Waals surface area contributed by atoms with Crippen LogP contribution in [0.1, 0.15) is 12.7 Å². The number of aliphatic carboxylic acids is 1. The van der Waals surface area contributed by atoms with Crippen LogP contribution in [0.3, 0.4) is 0 Å². The van der Waals surface area contributed by atoms with Crippen molar-refractivity contribution in [2.24, 2.45) is 5.73 Å². The molecule has 0 bridgehead atoms. The third-order valence-electron chi connectivity index (χ3n) is 2.09. The molecule has 2 unspecified atom stereocenters. The second-order valence-corrected chi connectivity index (χ2v) is 3.54. The SMILES string of the molecule is CC(Cc1ccco1)NCC(N)C(=O)O. The van der Waals surface area contributed by atoms with Gasteiger partial charge in [-0.3, -0.25) is 4.79 Å². The molecular formula is C10H16N2O3. The van der Waals surface area contributed by atoms with Gasteiger partial charge in [-0.05, 0) is 19.1 Å². The van der Waals surface area contributed by atoms with Crippen molar-refractivity contribution in [3.8, 4) is 0 Å². The van der Waals surface area contributed by atoms with E-state index >= 15 is 0 Å². The summed E-state index contributed by atoms with van der Waals surface area (Å²) in [5, 5.41) is 11.6. The molecule has 0 spiro atoms. The van der Waals surface area contributed by atoms with Crippen LogP contribution in [0, 0.1) is 0 Å². The van der Waals surface area contributed by atoms with Crippen molar-refractivity contribution >= 4 is 5.97 Å². The van der Waals surface area contributed by atoms with E-state index in [1.807, 2.05) is 19.1 Å². The highest BCUT2D eigenvalue weighted by molar-refractivity contribution is 5.73. The van der Waals surface area contributed by atoms with Gasteiger partial charge in [0.1, 0.15) is 11.8 Å². The summed E-state index contributed by atoms with van der Waals surface area (Å²) in [4.78, 5) is 10.4. The first kappa shape index (κ1) is 11.7. The van der Waals surface area contributed by atoms with Gasteiger partial charge in [0.2, 0.25) is 0 Å². The minimum Gasteiger partial charge on any atom is -0.480 e. The Balaban J connectivity index is 2.25. The van der Waals surface area contributed by atoms with Gasteiger partial charge in [0.05, 0.1) is 6.26 Å². The molecule has 1 aromatic rings. The molecule has 1 rings (SSSR count). The van der Waals surface area contributed by atoms with E-state index in [0.29, 0.717) is 0 Å². The van der Waals surface area contributed by atoms with E-state index in [1.165, 1.54) is 0 Å². The fraction of sp³-hybridized carbons (Fsp3) is 0.500. The number of carboxylic acids is 1. The minimum atomic E-state index is -0.993. The fourth-order valence-corrected chi connectivity index (χ4v) is 1.22. The molecular weight excluding hydrogens is 196 g/mol. The maximum Gasteiger partial charge on any atom is 0.321 e. The molecule has 0 aliphatic carbocycles. The van der Waals surface area contributed by atoms with Gasteiger partial charge < -0.3 is 20.6 Å². The zero-order valence-electron chi connectivity index (χ0n) is 8.64. The maximum absolute atomic E-state index is 10.4. The Kier molecular flexibility index (Phi) is 4.33. The number of rotatable bonds is 6. The maximum atomic E-state index is 10.4. The Labute approximate surface area is 88.3 Å². The first-order valence-electron chi connectivity index (χ1n) is 4.83. The zero-order chi connectivity index (χ0) is 11.3. The monoisotopic (exact) mass is 212 g/mol. The average Bonchev–Trinajstić information content (AvgIpc) is 2.66. The molecule has 2 atom stereocenters. The summed E-state index contributed by atoms with van der Waals surface area (Å²) in [7, 11) is 0. The topological polar surface area (TPSA) is 88.5 Å². The molecule has 0 aliphatic rings. The first-order valence-corrected chi connectivity index (χ1v) is 4.83. The number of nitrogens with one attached hydrogen (secondary N) is 1. The van der Waals surface area contributed by atoms with Crippen LogP contribution >= 0.6 is 0 Å². The third kappa shape index (κ3) is 4.14. The van der Waals surface area contributed by atoms with Crippen LogP contribution in [-0.4, -0.2) is 29.7 Å². The van der Waals surface area contributed by atoms with E-state index in [9.17, 15) is 4.79 Å². The molecule has 5 nitrogen and oxygen atoms in total. The number of hydrogen-bond donors (Lipinski definition) is 3. The largest absolute Gasteiger partial charge is 0.480 e. The van der Waals surface area contributed by atoms with Crippen LogP contribution in [0.15, 0.2) is 22.8 Å². The molecule has 1 aromatic heterocycles. The molecule has 0 aliphatic heterocycles. The lowest BCUT2D eigenvalue weighted by molar-refractivity contribution is -0.138. The fourth-order valence-electron chi connectivity index (χ4n) is 1.22. The average molecular weight is 212 g/mol. The Morgan fingerprint density at radius 1 is 1.73 bits per heavy atom. The molecule has 0 aromatic carbocycles. The normalized spacial score (nSPS) is 14.8. The molecule has 0 saturated heterocycles. The summed E-state index contributed by atoms with van der Waals surface area (Å²) in [5.74, 6) is -0.119. The minimum absolute atomic E-state index is 0.140. The van der Waals surface area contributed by atoms with Crippen molar-refractivity contribution < 1.29 is 14.3 Å². The highest BCUT2D eigenvalue weighted by Gasteiger charge is 2.12.